The molecule has 1 aromatic carbocycles. The smallest absolute Gasteiger partial charge is 0.259 e. The normalized spacial score (nSPS) is 18.2. The van der Waals surface area contributed by atoms with Crippen molar-refractivity contribution in [2.75, 3.05) is 46.5 Å². The molecule has 0 N–H and O–H groups in total. The van der Waals surface area contributed by atoms with Gasteiger partial charge in [-0.15, -0.1) is 0 Å². The molecule has 0 atom stereocenters. The number of rotatable bonds is 4. The molecule has 5 rings (SSSR count). The van der Waals surface area contributed by atoms with Gasteiger partial charge < -0.3 is 23.7 Å². The van der Waals surface area contributed by atoms with E-state index in [1.807, 2.05) is 17.0 Å². The minimum absolute atomic E-state index is 0.0246. The lowest BCUT2D eigenvalue weighted by molar-refractivity contribution is 0.0787. The highest BCUT2D eigenvalue weighted by Crippen LogP contribution is 2.31. The van der Waals surface area contributed by atoms with E-state index in [4.69, 9.17) is 14.2 Å². The average Bonchev–Trinajstić information content (AvgIpc) is 3.27. The van der Waals surface area contributed by atoms with Gasteiger partial charge in [-0.25, -0.2) is 0 Å². The molecule has 0 spiro atoms. The summed E-state index contributed by atoms with van der Waals surface area (Å²) in [5.74, 6) is 1.93. The number of aromatic nitrogens is 1. The predicted molar refractivity (Wildman–Crippen MR) is 119 cm³/mol. The van der Waals surface area contributed by atoms with Crippen LogP contribution in [0.5, 0.6) is 17.2 Å². The highest BCUT2D eigenvalue weighted by atomic mass is 16.6. The largest absolute Gasteiger partial charge is 0.496 e. The van der Waals surface area contributed by atoms with Crippen molar-refractivity contribution in [1.82, 2.24) is 14.4 Å². The second-order valence-corrected chi connectivity index (χ2v) is 8.53. The van der Waals surface area contributed by atoms with Crippen LogP contribution in [0.25, 0.3) is 0 Å². The zero-order valence-corrected chi connectivity index (χ0v) is 18.5. The summed E-state index contributed by atoms with van der Waals surface area (Å²) in [6.07, 6.45) is 2.66. The van der Waals surface area contributed by atoms with E-state index < -0.39 is 0 Å². The van der Waals surface area contributed by atoms with E-state index in [9.17, 15) is 9.59 Å². The quantitative estimate of drug-likeness (QED) is 0.725. The number of fused-ring (bicyclic) bond motifs is 2. The Labute approximate surface area is 187 Å². The molecule has 1 saturated heterocycles. The van der Waals surface area contributed by atoms with E-state index in [1.165, 1.54) is 13.2 Å². The number of pyridine rings is 1. The summed E-state index contributed by atoms with van der Waals surface area (Å²) in [6, 6.07) is 7.51. The molecule has 0 radical (unpaired) electrons. The lowest BCUT2D eigenvalue weighted by atomic mass is 10.1. The first-order valence-electron chi connectivity index (χ1n) is 11.3. The number of hydrogen-bond acceptors (Lipinski definition) is 6. The molecule has 32 heavy (non-hydrogen) atoms. The fourth-order valence-electron chi connectivity index (χ4n) is 4.87. The maximum Gasteiger partial charge on any atom is 0.259 e. The Hall–Kier alpha value is -3.00. The van der Waals surface area contributed by atoms with Crippen LogP contribution >= 0.6 is 0 Å². The minimum Gasteiger partial charge on any atom is -0.496 e. The van der Waals surface area contributed by atoms with Gasteiger partial charge in [0.25, 0.3) is 11.5 Å². The molecule has 0 bridgehead atoms. The van der Waals surface area contributed by atoms with Crippen molar-refractivity contribution in [1.29, 1.82) is 0 Å². The Kier molecular flexibility index (Phi) is 5.78. The first kappa shape index (κ1) is 20.9. The summed E-state index contributed by atoms with van der Waals surface area (Å²) in [4.78, 5) is 30.3. The van der Waals surface area contributed by atoms with Crippen LogP contribution in [0.2, 0.25) is 0 Å². The molecule has 3 aliphatic heterocycles. The molecule has 8 heteroatoms. The van der Waals surface area contributed by atoms with Crippen molar-refractivity contribution in [2.24, 2.45) is 0 Å². The van der Waals surface area contributed by atoms with Crippen LogP contribution < -0.4 is 19.8 Å². The highest BCUT2D eigenvalue weighted by Gasteiger charge is 2.29. The molecular weight excluding hydrogens is 410 g/mol. The fourth-order valence-corrected chi connectivity index (χ4v) is 4.87. The Morgan fingerprint density at radius 3 is 2.56 bits per heavy atom. The van der Waals surface area contributed by atoms with Crippen LogP contribution in [-0.4, -0.2) is 66.8 Å². The molecule has 2 aromatic rings. The van der Waals surface area contributed by atoms with E-state index in [2.05, 4.69) is 11.0 Å². The van der Waals surface area contributed by atoms with Crippen molar-refractivity contribution in [2.45, 2.75) is 32.4 Å². The molecule has 3 aliphatic rings. The maximum atomic E-state index is 13.3. The predicted octanol–water partition coefficient (Wildman–Crippen LogP) is 1.92. The topological polar surface area (TPSA) is 73.2 Å². The first-order chi connectivity index (χ1) is 15.6. The molecule has 1 amide bonds. The van der Waals surface area contributed by atoms with E-state index in [0.717, 1.165) is 68.3 Å². The highest BCUT2D eigenvalue weighted by molar-refractivity contribution is 5.98. The van der Waals surface area contributed by atoms with Gasteiger partial charge in [0.1, 0.15) is 24.5 Å². The van der Waals surface area contributed by atoms with E-state index in [1.54, 1.807) is 4.57 Å². The molecule has 1 aromatic heterocycles. The van der Waals surface area contributed by atoms with Crippen LogP contribution in [0.4, 0.5) is 0 Å². The van der Waals surface area contributed by atoms with Crippen LogP contribution in [0, 0.1) is 0 Å². The van der Waals surface area contributed by atoms with Crippen molar-refractivity contribution >= 4 is 5.91 Å². The Morgan fingerprint density at radius 2 is 1.78 bits per heavy atom. The number of carbonyl (C=O) groups excluding carboxylic acids is 1. The molecule has 0 unspecified atom stereocenters. The lowest BCUT2D eigenvalue weighted by Crippen LogP contribution is -2.33. The summed E-state index contributed by atoms with van der Waals surface area (Å²) < 4.78 is 18.6. The van der Waals surface area contributed by atoms with E-state index >= 15 is 0 Å². The summed E-state index contributed by atoms with van der Waals surface area (Å²) >= 11 is 0. The number of hydrogen-bond donors (Lipinski definition) is 0. The second kappa shape index (κ2) is 8.86. The van der Waals surface area contributed by atoms with Crippen molar-refractivity contribution in [3.05, 3.63) is 51.4 Å². The third kappa shape index (κ3) is 3.95. The van der Waals surface area contributed by atoms with Gasteiger partial charge >= 0.3 is 0 Å². The molecule has 4 heterocycles. The van der Waals surface area contributed by atoms with Crippen LogP contribution in [0.1, 0.15) is 34.5 Å². The summed E-state index contributed by atoms with van der Waals surface area (Å²) in [5, 5.41) is 0. The van der Waals surface area contributed by atoms with Gasteiger partial charge in [0.15, 0.2) is 11.5 Å². The van der Waals surface area contributed by atoms with Gasteiger partial charge in [0.05, 0.1) is 7.11 Å². The summed E-state index contributed by atoms with van der Waals surface area (Å²) in [7, 11) is 1.53. The summed E-state index contributed by atoms with van der Waals surface area (Å²) in [5.41, 5.74) is 2.36. The van der Waals surface area contributed by atoms with Gasteiger partial charge in [-0.05, 0) is 30.5 Å². The minimum atomic E-state index is -0.115. The zero-order chi connectivity index (χ0) is 22.1. The number of amides is 1. The molecule has 0 aliphatic carbocycles. The Bertz CT molecular complexity index is 1070. The second-order valence-electron chi connectivity index (χ2n) is 8.53. The molecule has 170 valence electrons. The Morgan fingerprint density at radius 1 is 1.00 bits per heavy atom. The lowest BCUT2D eigenvalue weighted by Gasteiger charge is -2.22. The molecular formula is C24H29N3O5. The maximum absolute atomic E-state index is 13.3. The average molecular weight is 440 g/mol. The Balaban J connectivity index is 1.39. The monoisotopic (exact) mass is 439 g/mol. The number of nitrogens with zero attached hydrogens (tertiary/aromatic N) is 3. The van der Waals surface area contributed by atoms with Gasteiger partial charge in [-0.1, -0.05) is 6.07 Å². The molecule has 1 fully saturated rings. The van der Waals surface area contributed by atoms with E-state index in [-0.39, 0.29) is 11.5 Å². The first-order valence-corrected chi connectivity index (χ1v) is 11.3. The van der Waals surface area contributed by atoms with Crippen LogP contribution in [0.3, 0.4) is 0 Å². The fraction of sp³-hybridized carbons (Fsp3) is 0.500. The van der Waals surface area contributed by atoms with Gasteiger partial charge in [0, 0.05) is 57.4 Å². The number of benzene rings is 1. The van der Waals surface area contributed by atoms with Gasteiger partial charge in [-0.2, -0.15) is 0 Å². The molecule has 0 saturated carbocycles. The van der Waals surface area contributed by atoms with Gasteiger partial charge in [0.2, 0.25) is 0 Å². The van der Waals surface area contributed by atoms with Crippen LogP contribution in [0.15, 0.2) is 29.1 Å². The van der Waals surface area contributed by atoms with Gasteiger partial charge in [-0.3, -0.25) is 14.5 Å². The standard InChI is InChI=1S/C24H29N3O5/c1-30-21-15-22(28)27-11-10-25(16-17-4-5-19-20(14-17)32-13-12-31-19)9-6-18(27)23(21)24(29)26-7-2-3-8-26/h4-5,14-15H,2-3,6-13,16H2,1H3. The molecule has 8 nitrogen and oxygen atoms in total. The zero-order valence-electron chi connectivity index (χ0n) is 18.5. The van der Waals surface area contributed by atoms with Crippen molar-refractivity contribution < 1.29 is 19.0 Å². The van der Waals surface area contributed by atoms with E-state index in [0.29, 0.717) is 37.5 Å². The van der Waals surface area contributed by atoms with Crippen molar-refractivity contribution in [3.8, 4) is 17.2 Å². The summed E-state index contributed by atoms with van der Waals surface area (Å²) in [6.45, 7) is 5.43. The van der Waals surface area contributed by atoms with Crippen molar-refractivity contribution in [3.63, 3.8) is 0 Å². The third-order valence-electron chi connectivity index (χ3n) is 6.53. The number of likely N-dealkylation sites (tertiary alicyclic amines) is 1. The number of ether oxygens (including phenoxy) is 3. The number of methoxy groups -OCH3 is 1. The SMILES string of the molecule is COc1cc(=O)n2c(c1C(=O)N1CCCC1)CCN(Cc1ccc3c(c1)OCCO3)CC2. The van der Waals surface area contributed by atoms with Crippen LogP contribution in [-0.2, 0) is 19.5 Å². The third-order valence-corrected chi connectivity index (χ3v) is 6.53. The number of carbonyl (C=O) groups is 1.